The maximum absolute atomic E-state index is 5.81. The van der Waals surface area contributed by atoms with Crippen LogP contribution in [0.1, 0.15) is 12.5 Å². The molecule has 1 rings (SSSR count). The molecule has 0 aliphatic rings. The maximum atomic E-state index is 5.81. The van der Waals surface area contributed by atoms with Crippen LogP contribution in [0.25, 0.3) is 0 Å². The molecule has 1 N–H and O–H groups in total. The molecule has 0 aliphatic heterocycles. The van der Waals surface area contributed by atoms with Crippen molar-refractivity contribution in [1.82, 2.24) is 15.1 Å². The van der Waals surface area contributed by atoms with Crippen LogP contribution in [0.15, 0.2) is 12.4 Å². The smallest absolute Gasteiger partial charge is 0.0534 e. The summed E-state index contributed by atoms with van der Waals surface area (Å²) >= 11 is 11.6. The van der Waals surface area contributed by atoms with Crippen LogP contribution in [0.5, 0.6) is 0 Å². The van der Waals surface area contributed by atoms with Gasteiger partial charge < -0.3 is 5.32 Å². The minimum absolute atomic E-state index is 0.209. The molecule has 0 fully saturated rings. The molecule has 1 heterocycles. The highest BCUT2D eigenvalue weighted by atomic mass is 35.5. The van der Waals surface area contributed by atoms with Crippen molar-refractivity contribution in [2.75, 3.05) is 11.8 Å². The first kappa shape index (κ1) is 11.8. The fourth-order valence-electron chi connectivity index (χ4n) is 1.01. The SMILES string of the molecule is Cn1cc(CNC(C)(CCl)CCl)cn1. The van der Waals surface area contributed by atoms with Crippen LogP contribution in [0, 0.1) is 0 Å². The van der Waals surface area contributed by atoms with E-state index in [4.69, 9.17) is 23.2 Å². The summed E-state index contributed by atoms with van der Waals surface area (Å²) in [6.45, 7) is 2.74. The van der Waals surface area contributed by atoms with Crippen LogP contribution < -0.4 is 5.32 Å². The first-order chi connectivity index (χ1) is 6.59. The quantitative estimate of drug-likeness (QED) is 0.789. The third-order valence-electron chi connectivity index (χ3n) is 2.07. The highest BCUT2D eigenvalue weighted by Crippen LogP contribution is 2.10. The second kappa shape index (κ2) is 5.01. The Labute approximate surface area is 94.4 Å². The topological polar surface area (TPSA) is 29.9 Å². The molecule has 0 radical (unpaired) electrons. The Balaban J connectivity index is 2.47. The lowest BCUT2D eigenvalue weighted by molar-refractivity contribution is 0.435. The zero-order valence-corrected chi connectivity index (χ0v) is 9.94. The van der Waals surface area contributed by atoms with Gasteiger partial charge in [0.15, 0.2) is 0 Å². The van der Waals surface area contributed by atoms with Gasteiger partial charge in [-0.15, -0.1) is 23.2 Å². The highest BCUT2D eigenvalue weighted by molar-refractivity contribution is 6.22. The molecule has 0 aliphatic carbocycles. The van der Waals surface area contributed by atoms with Gasteiger partial charge in [0.25, 0.3) is 0 Å². The van der Waals surface area contributed by atoms with E-state index in [9.17, 15) is 0 Å². The molecule has 0 spiro atoms. The number of nitrogens with one attached hydrogen (secondary N) is 1. The van der Waals surface area contributed by atoms with E-state index < -0.39 is 0 Å². The minimum Gasteiger partial charge on any atom is -0.305 e. The van der Waals surface area contributed by atoms with Crippen molar-refractivity contribution in [2.24, 2.45) is 7.05 Å². The van der Waals surface area contributed by atoms with Gasteiger partial charge in [0, 0.05) is 42.7 Å². The summed E-state index contributed by atoms with van der Waals surface area (Å²) < 4.78 is 1.77. The van der Waals surface area contributed by atoms with E-state index in [1.807, 2.05) is 26.4 Å². The monoisotopic (exact) mass is 235 g/mol. The molecule has 0 atom stereocenters. The van der Waals surface area contributed by atoms with Gasteiger partial charge in [-0.1, -0.05) is 0 Å². The maximum Gasteiger partial charge on any atom is 0.0534 e. The molecule has 80 valence electrons. The summed E-state index contributed by atoms with van der Waals surface area (Å²) in [4.78, 5) is 0. The highest BCUT2D eigenvalue weighted by Gasteiger charge is 2.20. The van der Waals surface area contributed by atoms with Gasteiger partial charge in [-0.3, -0.25) is 4.68 Å². The van der Waals surface area contributed by atoms with Crippen molar-refractivity contribution in [3.05, 3.63) is 18.0 Å². The van der Waals surface area contributed by atoms with E-state index in [-0.39, 0.29) is 5.54 Å². The largest absolute Gasteiger partial charge is 0.305 e. The molecule has 14 heavy (non-hydrogen) atoms. The molecular weight excluding hydrogens is 221 g/mol. The van der Waals surface area contributed by atoms with Crippen LogP contribution in [0.3, 0.4) is 0 Å². The van der Waals surface area contributed by atoms with Gasteiger partial charge in [-0.2, -0.15) is 5.10 Å². The Hall–Kier alpha value is -0.250. The van der Waals surface area contributed by atoms with Crippen molar-refractivity contribution >= 4 is 23.2 Å². The summed E-state index contributed by atoms with van der Waals surface area (Å²) in [5.74, 6) is 0.994. The summed E-state index contributed by atoms with van der Waals surface area (Å²) in [5.41, 5.74) is 0.924. The second-order valence-corrected chi connectivity index (χ2v) is 4.24. The standard InChI is InChI=1S/C9H15Cl2N3/c1-9(6-10,7-11)12-3-8-4-13-14(2)5-8/h4-5,12H,3,6-7H2,1-2H3. The number of aryl methyl sites for hydroxylation is 1. The molecule has 3 nitrogen and oxygen atoms in total. The molecule has 1 aromatic rings. The van der Waals surface area contributed by atoms with Gasteiger partial charge in [0.05, 0.1) is 6.20 Å². The molecular formula is C9H15Cl2N3. The lowest BCUT2D eigenvalue weighted by atomic mass is 10.1. The Bertz CT molecular complexity index is 281. The number of halogens is 2. The van der Waals surface area contributed by atoms with Gasteiger partial charge in [-0.25, -0.2) is 0 Å². The first-order valence-corrected chi connectivity index (χ1v) is 5.51. The molecule has 0 aromatic carbocycles. The fourth-order valence-corrected chi connectivity index (χ4v) is 1.48. The van der Waals surface area contributed by atoms with Crippen LogP contribution in [0.4, 0.5) is 0 Å². The summed E-state index contributed by atoms with van der Waals surface area (Å²) in [5, 5.41) is 7.39. The van der Waals surface area contributed by atoms with E-state index in [0.29, 0.717) is 11.8 Å². The van der Waals surface area contributed by atoms with Crippen LogP contribution >= 0.6 is 23.2 Å². The van der Waals surface area contributed by atoms with E-state index in [0.717, 1.165) is 12.1 Å². The number of aromatic nitrogens is 2. The Morgan fingerprint density at radius 1 is 1.50 bits per heavy atom. The predicted octanol–water partition coefficient (Wildman–Crippen LogP) is 1.75. The predicted molar refractivity (Wildman–Crippen MR) is 59.9 cm³/mol. The zero-order chi connectivity index (χ0) is 10.6. The summed E-state index contributed by atoms with van der Waals surface area (Å²) in [6, 6.07) is 0. The normalized spacial score (nSPS) is 12.0. The van der Waals surface area contributed by atoms with E-state index >= 15 is 0 Å². The van der Waals surface area contributed by atoms with E-state index in [1.54, 1.807) is 4.68 Å². The average molecular weight is 236 g/mol. The molecule has 0 saturated heterocycles. The lowest BCUT2D eigenvalue weighted by Crippen LogP contribution is -2.45. The van der Waals surface area contributed by atoms with Crippen molar-refractivity contribution in [3.63, 3.8) is 0 Å². The van der Waals surface area contributed by atoms with E-state index in [2.05, 4.69) is 10.4 Å². The third kappa shape index (κ3) is 3.15. The van der Waals surface area contributed by atoms with E-state index in [1.165, 1.54) is 0 Å². The molecule has 0 bridgehead atoms. The molecule has 0 unspecified atom stereocenters. The Morgan fingerprint density at radius 2 is 2.14 bits per heavy atom. The van der Waals surface area contributed by atoms with Gasteiger partial charge >= 0.3 is 0 Å². The second-order valence-electron chi connectivity index (χ2n) is 3.70. The number of alkyl halides is 2. The molecule has 0 saturated carbocycles. The Kier molecular flexibility index (Phi) is 4.23. The molecule has 5 heteroatoms. The molecule has 1 aromatic heterocycles. The van der Waals surface area contributed by atoms with Crippen molar-refractivity contribution in [1.29, 1.82) is 0 Å². The van der Waals surface area contributed by atoms with Gasteiger partial charge in [-0.05, 0) is 6.92 Å². The number of rotatable bonds is 5. The number of nitrogens with zero attached hydrogens (tertiary/aromatic N) is 2. The summed E-state index contributed by atoms with van der Waals surface area (Å²) in [7, 11) is 1.89. The van der Waals surface area contributed by atoms with Crippen molar-refractivity contribution in [3.8, 4) is 0 Å². The lowest BCUT2D eigenvalue weighted by Gasteiger charge is -2.25. The number of hydrogen-bond donors (Lipinski definition) is 1. The minimum atomic E-state index is -0.209. The number of hydrogen-bond acceptors (Lipinski definition) is 2. The van der Waals surface area contributed by atoms with Crippen LogP contribution in [-0.2, 0) is 13.6 Å². The first-order valence-electron chi connectivity index (χ1n) is 4.44. The fraction of sp³-hybridized carbons (Fsp3) is 0.667. The Morgan fingerprint density at radius 3 is 2.57 bits per heavy atom. The molecule has 0 amide bonds. The van der Waals surface area contributed by atoms with Gasteiger partial charge in [0.1, 0.15) is 0 Å². The van der Waals surface area contributed by atoms with Gasteiger partial charge in [0.2, 0.25) is 0 Å². The van der Waals surface area contributed by atoms with Crippen molar-refractivity contribution in [2.45, 2.75) is 19.0 Å². The zero-order valence-electron chi connectivity index (χ0n) is 8.43. The average Bonchev–Trinajstić information content (AvgIpc) is 2.61. The van der Waals surface area contributed by atoms with Crippen LogP contribution in [0.2, 0.25) is 0 Å². The van der Waals surface area contributed by atoms with Crippen molar-refractivity contribution < 1.29 is 0 Å². The van der Waals surface area contributed by atoms with Crippen LogP contribution in [-0.4, -0.2) is 27.1 Å². The third-order valence-corrected chi connectivity index (χ3v) is 3.25. The summed E-state index contributed by atoms with van der Waals surface area (Å²) in [6.07, 6.45) is 3.80.